The molecule has 2 aliphatic heterocycles. The third-order valence-electron chi connectivity index (χ3n) is 4.97. The molecule has 2 aromatic rings. The summed E-state index contributed by atoms with van der Waals surface area (Å²) in [5.74, 6) is 0.285. The van der Waals surface area contributed by atoms with E-state index in [-0.39, 0.29) is 11.9 Å². The first kappa shape index (κ1) is 14.9. The van der Waals surface area contributed by atoms with Gasteiger partial charge in [-0.15, -0.1) is 11.3 Å². The van der Waals surface area contributed by atoms with E-state index in [1.807, 2.05) is 29.5 Å². The molecule has 0 spiro atoms. The summed E-state index contributed by atoms with van der Waals surface area (Å²) in [6.07, 6.45) is 3.34. The van der Waals surface area contributed by atoms with E-state index in [1.165, 1.54) is 10.4 Å². The normalized spacial score (nSPS) is 19.6. The van der Waals surface area contributed by atoms with Gasteiger partial charge in [0, 0.05) is 31.1 Å². The summed E-state index contributed by atoms with van der Waals surface area (Å²) < 4.78 is 0. The molecule has 0 N–H and O–H groups in total. The molecule has 0 radical (unpaired) electrons. The summed E-state index contributed by atoms with van der Waals surface area (Å²) in [4.78, 5) is 19.1. The van der Waals surface area contributed by atoms with Crippen molar-refractivity contribution in [1.29, 1.82) is 0 Å². The van der Waals surface area contributed by atoms with Crippen LogP contribution in [-0.2, 0) is 17.8 Å². The van der Waals surface area contributed by atoms with Crippen LogP contribution in [0, 0.1) is 0 Å². The van der Waals surface area contributed by atoms with E-state index in [0.717, 1.165) is 51.0 Å². The van der Waals surface area contributed by atoms with Crippen LogP contribution in [0.3, 0.4) is 0 Å². The molecule has 4 rings (SSSR count). The average Bonchev–Trinajstić information content (AvgIpc) is 3.27. The molecule has 0 aliphatic carbocycles. The van der Waals surface area contributed by atoms with Crippen molar-refractivity contribution in [3.8, 4) is 0 Å². The fourth-order valence-corrected chi connectivity index (χ4v) is 4.64. The van der Waals surface area contributed by atoms with Crippen LogP contribution in [-0.4, -0.2) is 35.3 Å². The number of nitrogens with zero attached hydrogens (tertiary/aromatic N) is 2. The predicted octanol–water partition coefficient (Wildman–Crippen LogP) is 3.47. The summed E-state index contributed by atoms with van der Waals surface area (Å²) in [7, 11) is 0. The Kier molecular flexibility index (Phi) is 4.19. The van der Waals surface area contributed by atoms with Gasteiger partial charge in [-0.3, -0.25) is 9.69 Å². The Morgan fingerprint density at radius 2 is 1.83 bits per heavy atom. The van der Waals surface area contributed by atoms with Crippen LogP contribution in [0.2, 0.25) is 0 Å². The molecule has 3 heterocycles. The molecule has 0 saturated carbocycles. The molecule has 1 atom stereocenters. The number of carbonyl (C=O) groups is 1. The highest BCUT2D eigenvalue weighted by atomic mass is 32.1. The fourth-order valence-electron chi connectivity index (χ4n) is 3.75. The summed E-state index contributed by atoms with van der Waals surface area (Å²) in [5.41, 5.74) is 2.53. The van der Waals surface area contributed by atoms with Crippen LogP contribution < -0.4 is 0 Å². The minimum Gasteiger partial charge on any atom is -0.341 e. The van der Waals surface area contributed by atoms with Crippen LogP contribution in [0.1, 0.15) is 34.9 Å². The number of hydrogen-bond donors (Lipinski definition) is 0. The van der Waals surface area contributed by atoms with E-state index >= 15 is 0 Å². The van der Waals surface area contributed by atoms with Gasteiger partial charge in [0.25, 0.3) is 0 Å². The van der Waals surface area contributed by atoms with E-state index in [2.05, 4.69) is 33.4 Å². The molecule has 1 aromatic heterocycles. The molecular weight excluding hydrogens is 304 g/mol. The molecule has 1 fully saturated rings. The van der Waals surface area contributed by atoms with Crippen molar-refractivity contribution < 1.29 is 4.79 Å². The molecule has 0 bridgehead atoms. The SMILES string of the molecule is O=C([C@@H](c1ccccc1)N1CCc2sccc2C1)N1CCCC1. The fraction of sp³-hybridized carbons (Fsp3) is 0.421. The van der Waals surface area contributed by atoms with Gasteiger partial charge in [-0.25, -0.2) is 0 Å². The number of fused-ring (bicyclic) bond motifs is 1. The Labute approximate surface area is 141 Å². The van der Waals surface area contributed by atoms with E-state index in [0.29, 0.717) is 0 Å². The summed E-state index contributed by atoms with van der Waals surface area (Å²) >= 11 is 1.85. The first-order valence-electron chi connectivity index (χ1n) is 8.46. The Morgan fingerprint density at radius 3 is 2.61 bits per heavy atom. The van der Waals surface area contributed by atoms with Gasteiger partial charge in [0.05, 0.1) is 0 Å². The lowest BCUT2D eigenvalue weighted by molar-refractivity contribution is -0.136. The van der Waals surface area contributed by atoms with Gasteiger partial charge in [0.1, 0.15) is 6.04 Å². The highest BCUT2D eigenvalue weighted by Crippen LogP contribution is 2.32. The lowest BCUT2D eigenvalue weighted by Crippen LogP contribution is -2.43. The third-order valence-corrected chi connectivity index (χ3v) is 5.99. The smallest absolute Gasteiger partial charge is 0.244 e. The van der Waals surface area contributed by atoms with E-state index < -0.39 is 0 Å². The Bertz CT molecular complexity index is 676. The van der Waals surface area contributed by atoms with E-state index in [1.54, 1.807) is 0 Å². The van der Waals surface area contributed by atoms with Gasteiger partial charge in [-0.2, -0.15) is 0 Å². The summed E-state index contributed by atoms with van der Waals surface area (Å²) in [5, 5.41) is 2.17. The number of carbonyl (C=O) groups excluding carboxylic acids is 1. The van der Waals surface area contributed by atoms with Crippen molar-refractivity contribution in [1.82, 2.24) is 9.80 Å². The van der Waals surface area contributed by atoms with Gasteiger partial charge in [0.2, 0.25) is 5.91 Å². The minimum atomic E-state index is -0.137. The topological polar surface area (TPSA) is 23.6 Å². The second-order valence-electron chi connectivity index (χ2n) is 6.44. The number of hydrogen-bond acceptors (Lipinski definition) is 3. The maximum absolute atomic E-state index is 13.2. The second kappa shape index (κ2) is 6.46. The summed E-state index contributed by atoms with van der Waals surface area (Å²) in [6, 6.07) is 12.4. The van der Waals surface area contributed by atoms with Crippen molar-refractivity contribution in [2.75, 3.05) is 19.6 Å². The zero-order valence-electron chi connectivity index (χ0n) is 13.3. The van der Waals surface area contributed by atoms with Crippen LogP contribution in [0.5, 0.6) is 0 Å². The molecule has 2 aliphatic rings. The first-order chi connectivity index (χ1) is 11.3. The van der Waals surface area contributed by atoms with Crippen molar-refractivity contribution in [2.45, 2.75) is 31.8 Å². The number of benzene rings is 1. The quantitative estimate of drug-likeness (QED) is 0.862. The Morgan fingerprint density at radius 1 is 1.04 bits per heavy atom. The van der Waals surface area contributed by atoms with Crippen LogP contribution in [0.4, 0.5) is 0 Å². The number of rotatable bonds is 3. The van der Waals surface area contributed by atoms with Gasteiger partial charge in [-0.1, -0.05) is 30.3 Å². The molecule has 23 heavy (non-hydrogen) atoms. The molecule has 3 nitrogen and oxygen atoms in total. The van der Waals surface area contributed by atoms with E-state index in [4.69, 9.17) is 0 Å². The largest absolute Gasteiger partial charge is 0.341 e. The van der Waals surface area contributed by atoms with Crippen LogP contribution in [0.15, 0.2) is 41.8 Å². The van der Waals surface area contributed by atoms with Crippen LogP contribution >= 0.6 is 11.3 Å². The van der Waals surface area contributed by atoms with Crippen molar-refractivity contribution in [2.24, 2.45) is 0 Å². The third kappa shape index (κ3) is 2.93. The van der Waals surface area contributed by atoms with Gasteiger partial charge in [-0.05, 0) is 41.8 Å². The van der Waals surface area contributed by atoms with Gasteiger partial charge >= 0.3 is 0 Å². The van der Waals surface area contributed by atoms with E-state index in [9.17, 15) is 4.79 Å². The van der Waals surface area contributed by atoms with Gasteiger partial charge in [0.15, 0.2) is 0 Å². The standard InChI is InChI=1S/C19H22N2OS/c22-19(20-10-4-5-11-20)18(15-6-2-1-3-7-15)21-12-8-17-16(14-21)9-13-23-17/h1-3,6-7,9,13,18H,4-5,8,10-12,14H2/t18-/m1/s1. The second-order valence-corrected chi connectivity index (χ2v) is 7.44. The zero-order chi connectivity index (χ0) is 15.6. The minimum absolute atomic E-state index is 0.137. The molecule has 1 amide bonds. The van der Waals surface area contributed by atoms with Crippen molar-refractivity contribution >= 4 is 17.2 Å². The lowest BCUT2D eigenvalue weighted by atomic mass is 10.00. The molecule has 4 heteroatoms. The van der Waals surface area contributed by atoms with Crippen molar-refractivity contribution in [3.63, 3.8) is 0 Å². The number of amides is 1. The summed E-state index contributed by atoms with van der Waals surface area (Å²) in [6.45, 7) is 3.68. The maximum atomic E-state index is 13.2. The number of likely N-dealkylation sites (tertiary alicyclic amines) is 1. The van der Waals surface area contributed by atoms with Gasteiger partial charge < -0.3 is 4.90 Å². The molecule has 1 saturated heterocycles. The lowest BCUT2D eigenvalue weighted by Gasteiger charge is -2.36. The van der Waals surface area contributed by atoms with Crippen LogP contribution in [0.25, 0.3) is 0 Å². The predicted molar refractivity (Wildman–Crippen MR) is 93.4 cm³/mol. The molecular formula is C19H22N2OS. The highest BCUT2D eigenvalue weighted by Gasteiger charge is 2.34. The molecule has 0 unspecified atom stereocenters. The molecule has 1 aromatic carbocycles. The highest BCUT2D eigenvalue weighted by molar-refractivity contribution is 7.10. The first-order valence-corrected chi connectivity index (χ1v) is 9.34. The average molecular weight is 326 g/mol. The maximum Gasteiger partial charge on any atom is 0.244 e. The molecule has 120 valence electrons. The van der Waals surface area contributed by atoms with Crippen molar-refractivity contribution in [3.05, 3.63) is 57.8 Å². The monoisotopic (exact) mass is 326 g/mol. The number of thiophene rings is 1. The zero-order valence-corrected chi connectivity index (χ0v) is 14.1. The Balaban J connectivity index is 1.64. The Hall–Kier alpha value is -1.65.